The second-order valence-electron chi connectivity index (χ2n) is 3.91. The van der Waals surface area contributed by atoms with Gasteiger partial charge in [-0.1, -0.05) is 11.6 Å². The van der Waals surface area contributed by atoms with Gasteiger partial charge in [0.15, 0.2) is 17.3 Å². The minimum atomic E-state index is -0.0680. The Balaban J connectivity index is 2.49. The highest BCUT2D eigenvalue weighted by Crippen LogP contribution is 2.36. The van der Waals surface area contributed by atoms with E-state index in [0.717, 1.165) is 4.88 Å². The Morgan fingerprint density at radius 1 is 1.26 bits per heavy atom. The average molecular weight is 297 g/mol. The predicted molar refractivity (Wildman–Crippen MR) is 77.0 cm³/mol. The molecule has 0 spiro atoms. The zero-order valence-electron chi connectivity index (χ0n) is 10.8. The van der Waals surface area contributed by atoms with Gasteiger partial charge < -0.3 is 9.47 Å². The quantitative estimate of drug-likeness (QED) is 0.801. The number of ether oxygens (including phenoxy) is 2. The average Bonchev–Trinajstić information content (AvgIpc) is 2.83. The molecule has 0 fully saturated rings. The van der Waals surface area contributed by atoms with Crippen molar-refractivity contribution in [2.24, 2.45) is 0 Å². The first kappa shape index (κ1) is 13.9. The number of ketones is 1. The van der Waals surface area contributed by atoms with Crippen molar-refractivity contribution in [3.8, 4) is 11.5 Å². The van der Waals surface area contributed by atoms with Crippen LogP contribution < -0.4 is 9.47 Å². The molecule has 2 rings (SSSR count). The summed E-state index contributed by atoms with van der Waals surface area (Å²) in [7, 11) is 3.02. The third kappa shape index (κ3) is 2.60. The van der Waals surface area contributed by atoms with E-state index in [1.807, 2.05) is 18.4 Å². The van der Waals surface area contributed by atoms with E-state index in [2.05, 4.69) is 0 Å². The molecular weight excluding hydrogens is 284 g/mol. The molecule has 0 bridgehead atoms. The maximum atomic E-state index is 12.4. The number of rotatable bonds is 4. The summed E-state index contributed by atoms with van der Waals surface area (Å²) in [5.74, 6) is 0.815. The fourth-order valence-corrected chi connectivity index (χ4v) is 2.81. The number of hydrogen-bond donors (Lipinski definition) is 0. The minimum Gasteiger partial charge on any atom is -0.493 e. The highest BCUT2D eigenvalue weighted by molar-refractivity contribution is 7.10. The molecule has 1 aromatic carbocycles. The van der Waals surface area contributed by atoms with Crippen LogP contribution in [0, 0.1) is 6.92 Å². The van der Waals surface area contributed by atoms with Crippen molar-refractivity contribution in [2.45, 2.75) is 6.92 Å². The number of thiophene rings is 1. The lowest BCUT2D eigenvalue weighted by Crippen LogP contribution is -2.03. The van der Waals surface area contributed by atoms with Crippen molar-refractivity contribution in [2.75, 3.05) is 14.2 Å². The van der Waals surface area contributed by atoms with E-state index < -0.39 is 0 Å². The molecule has 0 radical (unpaired) electrons. The van der Waals surface area contributed by atoms with Crippen molar-refractivity contribution in [3.63, 3.8) is 0 Å². The fraction of sp³-hybridized carbons (Fsp3) is 0.214. The van der Waals surface area contributed by atoms with Crippen molar-refractivity contribution in [3.05, 3.63) is 44.6 Å². The molecule has 1 aromatic heterocycles. The van der Waals surface area contributed by atoms with Gasteiger partial charge >= 0.3 is 0 Å². The van der Waals surface area contributed by atoms with Gasteiger partial charge in [0.25, 0.3) is 0 Å². The van der Waals surface area contributed by atoms with Crippen LogP contribution in [0.15, 0.2) is 23.6 Å². The van der Waals surface area contributed by atoms with Crippen LogP contribution in [0.2, 0.25) is 5.02 Å². The summed E-state index contributed by atoms with van der Waals surface area (Å²) in [6.45, 7) is 1.92. The van der Waals surface area contributed by atoms with Gasteiger partial charge in [0.2, 0.25) is 0 Å². The number of carbonyl (C=O) groups excluding carboxylic acids is 1. The molecule has 0 unspecified atom stereocenters. The zero-order chi connectivity index (χ0) is 14.0. The van der Waals surface area contributed by atoms with Gasteiger partial charge in [-0.2, -0.15) is 0 Å². The van der Waals surface area contributed by atoms with Crippen molar-refractivity contribution < 1.29 is 14.3 Å². The molecule has 0 saturated heterocycles. The summed E-state index contributed by atoms with van der Waals surface area (Å²) in [5, 5.41) is 2.25. The van der Waals surface area contributed by atoms with Crippen molar-refractivity contribution in [1.29, 1.82) is 0 Å². The molecular formula is C14H13ClO3S. The Hall–Kier alpha value is -1.52. The van der Waals surface area contributed by atoms with Gasteiger partial charge in [0.1, 0.15) is 0 Å². The monoisotopic (exact) mass is 296 g/mol. The smallest absolute Gasteiger partial charge is 0.194 e. The normalized spacial score (nSPS) is 10.3. The lowest BCUT2D eigenvalue weighted by molar-refractivity contribution is 0.103. The van der Waals surface area contributed by atoms with Crippen LogP contribution in [-0.2, 0) is 0 Å². The van der Waals surface area contributed by atoms with Crippen LogP contribution in [0.5, 0.6) is 11.5 Å². The molecule has 5 heteroatoms. The standard InChI is InChI=1S/C14H13ClO3S/c1-8-10(4-5-19-8)13(16)9-6-11(15)14(18-3)12(7-9)17-2/h4-7H,1-3H3. The lowest BCUT2D eigenvalue weighted by Gasteiger charge is -2.11. The van der Waals surface area contributed by atoms with Gasteiger partial charge in [0, 0.05) is 16.0 Å². The molecule has 2 aromatic rings. The molecule has 0 aliphatic heterocycles. The number of methoxy groups -OCH3 is 2. The lowest BCUT2D eigenvalue weighted by atomic mass is 10.0. The number of benzene rings is 1. The third-order valence-electron chi connectivity index (χ3n) is 2.80. The van der Waals surface area contributed by atoms with Gasteiger partial charge in [-0.25, -0.2) is 0 Å². The van der Waals surface area contributed by atoms with E-state index in [0.29, 0.717) is 27.6 Å². The number of halogens is 1. The Kier molecular flexibility index (Phi) is 4.12. The molecule has 0 aliphatic carbocycles. The maximum Gasteiger partial charge on any atom is 0.194 e. The molecule has 100 valence electrons. The second kappa shape index (κ2) is 5.63. The molecule has 0 atom stereocenters. The van der Waals surface area contributed by atoms with Crippen molar-refractivity contribution in [1.82, 2.24) is 0 Å². The predicted octanol–water partition coefficient (Wildman–Crippen LogP) is 3.96. The summed E-state index contributed by atoms with van der Waals surface area (Å²) in [5.41, 5.74) is 1.18. The molecule has 1 heterocycles. The second-order valence-corrected chi connectivity index (χ2v) is 5.44. The maximum absolute atomic E-state index is 12.4. The van der Waals surface area contributed by atoms with Crippen LogP contribution in [-0.4, -0.2) is 20.0 Å². The Morgan fingerprint density at radius 2 is 2.00 bits per heavy atom. The highest BCUT2D eigenvalue weighted by Gasteiger charge is 2.18. The van der Waals surface area contributed by atoms with Crippen LogP contribution in [0.4, 0.5) is 0 Å². The van der Waals surface area contributed by atoms with Gasteiger partial charge in [-0.3, -0.25) is 4.79 Å². The van der Waals surface area contributed by atoms with Crippen LogP contribution in [0.25, 0.3) is 0 Å². The summed E-state index contributed by atoms with van der Waals surface area (Å²) in [6.07, 6.45) is 0. The summed E-state index contributed by atoms with van der Waals surface area (Å²) in [4.78, 5) is 13.4. The largest absolute Gasteiger partial charge is 0.493 e. The Morgan fingerprint density at radius 3 is 2.53 bits per heavy atom. The van der Waals surface area contributed by atoms with E-state index in [4.69, 9.17) is 21.1 Å². The Labute approximate surface area is 120 Å². The third-order valence-corrected chi connectivity index (χ3v) is 3.93. The van der Waals surface area contributed by atoms with E-state index in [1.54, 1.807) is 12.1 Å². The van der Waals surface area contributed by atoms with Crippen molar-refractivity contribution >= 4 is 28.7 Å². The zero-order valence-corrected chi connectivity index (χ0v) is 12.4. The first-order chi connectivity index (χ1) is 9.08. The first-order valence-corrected chi connectivity index (χ1v) is 6.84. The molecule has 19 heavy (non-hydrogen) atoms. The molecule has 3 nitrogen and oxygen atoms in total. The van der Waals surface area contributed by atoms with E-state index in [-0.39, 0.29) is 5.78 Å². The van der Waals surface area contributed by atoms with E-state index >= 15 is 0 Å². The summed E-state index contributed by atoms with van der Waals surface area (Å²) in [6, 6.07) is 5.06. The topological polar surface area (TPSA) is 35.5 Å². The molecule has 0 saturated carbocycles. The Bertz CT molecular complexity index is 619. The van der Waals surface area contributed by atoms with Crippen LogP contribution in [0.1, 0.15) is 20.8 Å². The molecule has 0 N–H and O–H groups in total. The van der Waals surface area contributed by atoms with Crippen LogP contribution in [0.3, 0.4) is 0 Å². The molecule has 0 aliphatic rings. The van der Waals surface area contributed by atoms with Gasteiger partial charge in [-0.05, 0) is 30.5 Å². The van der Waals surface area contributed by atoms with Gasteiger partial charge in [0.05, 0.1) is 19.2 Å². The highest BCUT2D eigenvalue weighted by atomic mass is 35.5. The van der Waals surface area contributed by atoms with Gasteiger partial charge in [-0.15, -0.1) is 11.3 Å². The van der Waals surface area contributed by atoms with E-state index in [1.165, 1.54) is 25.6 Å². The fourth-order valence-electron chi connectivity index (χ4n) is 1.83. The summed E-state index contributed by atoms with van der Waals surface area (Å²) < 4.78 is 10.3. The SMILES string of the molecule is COc1cc(C(=O)c2ccsc2C)cc(Cl)c1OC. The van der Waals surface area contributed by atoms with E-state index in [9.17, 15) is 4.79 Å². The molecule has 0 amide bonds. The first-order valence-electron chi connectivity index (χ1n) is 5.58. The summed E-state index contributed by atoms with van der Waals surface area (Å²) >= 11 is 7.64. The number of carbonyl (C=O) groups is 1. The van der Waals surface area contributed by atoms with Crippen LogP contribution >= 0.6 is 22.9 Å². The number of aryl methyl sites for hydroxylation is 1. The number of hydrogen-bond acceptors (Lipinski definition) is 4. The minimum absolute atomic E-state index is 0.0680.